The average molecular weight is 377 g/mol. The highest BCUT2D eigenvalue weighted by Gasteiger charge is 2.30. The van der Waals surface area contributed by atoms with Gasteiger partial charge in [-0.15, -0.1) is 0 Å². The third kappa shape index (κ3) is 3.15. The van der Waals surface area contributed by atoms with Crippen LogP contribution < -0.4 is 5.56 Å². The molecule has 0 bridgehead atoms. The molecule has 0 spiro atoms. The summed E-state index contributed by atoms with van der Waals surface area (Å²) >= 11 is 0. The van der Waals surface area contributed by atoms with Crippen LogP contribution in [-0.2, 0) is 12.8 Å². The van der Waals surface area contributed by atoms with Gasteiger partial charge >= 0.3 is 0 Å². The molecule has 144 valence electrons. The summed E-state index contributed by atoms with van der Waals surface area (Å²) in [5, 5.41) is 4.23. The highest BCUT2D eigenvalue weighted by molar-refractivity contribution is 5.95. The Balaban J connectivity index is 1.57. The van der Waals surface area contributed by atoms with E-state index in [1.165, 1.54) is 10.9 Å². The van der Waals surface area contributed by atoms with Crippen molar-refractivity contribution in [1.82, 2.24) is 24.6 Å². The van der Waals surface area contributed by atoms with Gasteiger partial charge in [-0.25, -0.2) is 18.4 Å². The van der Waals surface area contributed by atoms with Crippen molar-refractivity contribution in [2.24, 2.45) is 5.92 Å². The number of hydrogen-bond donors (Lipinski definition) is 1. The van der Waals surface area contributed by atoms with E-state index in [0.717, 1.165) is 30.5 Å². The molecule has 4 rings (SSSR count). The average Bonchev–Trinajstić information content (AvgIpc) is 3.28. The zero-order chi connectivity index (χ0) is 19.1. The number of fused-ring (bicyclic) bond motifs is 1. The molecule has 0 saturated carbocycles. The largest absolute Gasteiger partial charge is 0.339 e. The molecule has 0 aromatic carbocycles. The second-order valence-corrected chi connectivity index (χ2v) is 7.19. The van der Waals surface area contributed by atoms with Crippen molar-refractivity contribution in [2.45, 2.75) is 45.5 Å². The first-order valence-electron chi connectivity index (χ1n) is 9.20. The van der Waals surface area contributed by atoms with Gasteiger partial charge in [0.05, 0.1) is 23.1 Å². The van der Waals surface area contributed by atoms with Gasteiger partial charge in [0.1, 0.15) is 0 Å². The van der Waals surface area contributed by atoms with Gasteiger partial charge < -0.3 is 4.90 Å². The number of H-pyrrole nitrogens is 1. The molecule has 2 aromatic rings. The fraction of sp³-hybridized carbons (Fsp3) is 0.556. The van der Waals surface area contributed by atoms with E-state index < -0.39 is 12.3 Å². The number of aryl methyl sites for hydroxylation is 1. The molecule has 0 unspecified atom stereocenters. The second kappa shape index (κ2) is 6.86. The number of halogens is 2. The maximum Gasteiger partial charge on any atom is 0.257 e. The molecule has 1 aliphatic carbocycles. The van der Waals surface area contributed by atoms with Crippen LogP contribution in [0.5, 0.6) is 0 Å². The first-order valence-corrected chi connectivity index (χ1v) is 9.20. The highest BCUT2D eigenvalue weighted by Crippen LogP contribution is 2.25. The topological polar surface area (TPSA) is 83.9 Å². The Bertz CT molecular complexity index is 928. The number of nitrogens with one attached hydrogen (secondary N) is 1. The summed E-state index contributed by atoms with van der Waals surface area (Å²) < 4.78 is 27.1. The number of likely N-dealkylation sites (tertiary alicyclic amines) is 1. The van der Waals surface area contributed by atoms with Crippen LogP contribution in [0, 0.1) is 12.8 Å². The Morgan fingerprint density at radius 3 is 2.74 bits per heavy atom. The number of piperidine rings is 1. The summed E-state index contributed by atoms with van der Waals surface area (Å²) in [5.41, 5.74) is 2.31. The van der Waals surface area contributed by atoms with Crippen molar-refractivity contribution in [2.75, 3.05) is 13.1 Å². The summed E-state index contributed by atoms with van der Waals surface area (Å²) in [6, 6.07) is 0. The molecular weight excluding hydrogens is 356 g/mol. The lowest BCUT2D eigenvalue weighted by Crippen LogP contribution is -2.40. The van der Waals surface area contributed by atoms with Crippen LogP contribution in [0.3, 0.4) is 0 Å². The van der Waals surface area contributed by atoms with Gasteiger partial charge in [0.15, 0.2) is 0 Å². The monoisotopic (exact) mass is 377 g/mol. The standard InChI is InChI=1S/C18H21F2N5O2/c1-10-13(17(27)24-7-5-11(6-8-24)15(19)20)9-21-25(10)18-22-14-4-2-3-12(14)16(26)23-18/h9,11,15H,2-8H2,1H3,(H,22,23,26). The molecule has 1 saturated heterocycles. The summed E-state index contributed by atoms with van der Waals surface area (Å²) in [4.78, 5) is 33.8. The van der Waals surface area contributed by atoms with Crippen molar-refractivity contribution in [1.29, 1.82) is 0 Å². The molecule has 0 radical (unpaired) electrons. The van der Waals surface area contributed by atoms with Gasteiger partial charge in [-0.05, 0) is 39.0 Å². The number of hydrogen-bond acceptors (Lipinski definition) is 4. The number of nitrogens with zero attached hydrogens (tertiary/aromatic N) is 4. The van der Waals surface area contributed by atoms with Crippen molar-refractivity contribution in [3.8, 4) is 5.95 Å². The highest BCUT2D eigenvalue weighted by atomic mass is 19.3. The maximum atomic E-state index is 12.8. The molecule has 1 N–H and O–H groups in total. The molecule has 7 nitrogen and oxygen atoms in total. The summed E-state index contributed by atoms with van der Waals surface area (Å²) in [6.07, 6.45) is 2.11. The Morgan fingerprint density at radius 2 is 2.04 bits per heavy atom. The minimum Gasteiger partial charge on any atom is -0.339 e. The third-order valence-electron chi connectivity index (χ3n) is 5.55. The first-order chi connectivity index (χ1) is 13.0. The van der Waals surface area contributed by atoms with Crippen molar-refractivity contribution < 1.29 is 13.6 Å². The maximum absolute atomic E-state index is 12.8. The first kappa shape index (κ1) is 17.8. The molecule has 27 heavy (non-hydrogen) atoms. The zero-order valence-corrected chi connectivity index (χ0v) is 15.0. The van der Waals surface area contributed by atoms with Gasteiger partial charge in [0.25, 0.3) is 11.5 Å². The molecule has 1 amide bonds. The summed E-state index contributed by atoms with van der Waals surface area (Å²) in [7, 11) is 0. The minimum absolute atomic E-state index is 0.163. The lowest BCUT2D eigenvalue weighted by atomic mass is 9.97. The number of aromatic amines is 1. The predicted molar refractivity (Wildman–Crippen MR) is 93.4 cm³/mol. The van der Waals surface area contributed by atoms with Crippen LogP contribution in [0.1, 0.15) is 46.6 Å². The number of aromatic nitrogens is 4. The Morgan fingerprint density at radius 1 is 1.30 bits per heavy atom. The van der Waals surface area contributed by atoms with Gasteiger partial charge in [-0.1, -0.05) is 0 Å². The van der Waals surface area contributed by atoms with Crippen molar-refractivity contribution >= 4 is 5.91 Å². The van der Waals surface area contributed by atoms with E-state index >= 15 is 0 Å². The Kier molecular flexibility index (Phi) is 4.53. The van der Waals surface area contributed by atoms with Crippen molar-refractivity contribution in [3.63, 3.8) is 0 Å². The quantitative estimate of drug-likeness (QED) is 0.885. The number of carbonyl (C=O) groups excluding carboxylic acids is 1. The lowest BCUT2D eigenvalue weighted by molar-refractivity contribution is 0.0311. The number of carbonyl (C=O) groups is 1. The lowest BCUT2D eigenvalue weighted by Gasteiger charge is -2.31. The van der Waals surface area contributed by atoms with E-state index in [0.29, 0.717) is 43.1 Å². The van der Waals surface area contributed by atoms with Gasteiger partial charge in [-0.2, -0.15) is 5.10 Å². The summed E-state index contributed by atoms with van der Waals surface area (Å²) in [5.74, 6) is -0.567. The second-order valence-electron chi connectivity index (χ2n) is 7.19. The molecule has 9 heteroatoms. The molecule has 1 aliphatic heterocycles. The van der Waals surface area contributed by atoms with Gasteiger partial charge in [0, 0.05) is 24.6 Å². The number of amides is 1. The van der Waals surface area contributed by atoms with E-state index in [2.05, 4.69) is 15.1 Å². The van der Waals surface area contributed by atoms with E-state index in [4.69, 9.17) is 0 Å². The smallest absolute Gasteiger partial charge is 0.257 e. The third-order valence-corrected chi connectivity index (χ3v) is 5.55. The predicted octanol–water partition coefficient (Wildman–Crippen LogP) is 1.87. The SMILES string of the molecule is Cc1c(C(=O)N2CCC(C(F)F)CC2)cnn1-c1nc2c(c(=O)[nH]1)CCC2. The van der Waals surface area contributed by atoms with Gasteiger partial charge in [-0.3, -0.25) is 14.6 Å². The fourth-order valence-electron chi connectivity index (χ4n) is 3.89. The molecular formula is C18H21F2N5O2. The normalized spacial score (nSPS) is 17.6. The molecule has 1 fully saturated rings. The summed E-state index contributed by atoms with van der Waals surface area (Å²) in [6.45, 7) is 2.36. The Hall–Kier alpha value is -2.58. The minimum atomic E-state index is -2.34. The fourth-order valence-corrected chi connectivity index (χ4v) is 3.89. The zero-order valence-electron chi connectivity index (χ0n) is 15.0. The number of alkyl halides is 2. The van der Waals surface area contributed by atoms with Crippen LogP contribution in [0.2, 0.25) is 0 Å². The molecule has 2 aromatic heterocycles. The van der Waals surface area contributed by atoms with E-state index in [9.17, 15) is 18.4 Å². The van der Waals surface area contributed by atoms with E-state index in [-0.39, 0.29) is 11.5 Å². The molecule has 2 aliphatic rings. The van der Waals surface area contributed by atoms with E-state index in [1.54, 1.807) is 11.8 Å². The van der Waals surface area contributed by atoms with Crippen molar-refractivity contribution in [3.05, 3.63) is 39.1 Å². The van der Waals surface area contributed by atoms with Gasteiger partial charge in [0.2, 0.25) is 12.4 Å². The van der Waals surface area contributed by atoms with E-state index in [1.807, 2.05) is 0 Å². The van der Waals surface area contributed by atoms with Crippen LogP contribution in [-0.4, -0.2) is 50.1 Å². The van der Waals surface area contributed by atoms with Crippen LogP contribution in [0.25, 0.3) is 5.95 Å². The van der Waals surface area contributed by atoms with Crippen LogP contribution >= 0.6 is 0 Å². The molecule has 0 atom stereocenters. The van der Waals surface area contributed by atoms with Crippen LogP contribution in [0.15, 0.2) is 11.0 Å². The Labute approximate surface area is 154 Å². The van der Waals surface area contributed by atoms with Crippen LogP contribution in [0.4, 0.5) is 8.78 Å². The molecule has 3 heterocycles. The number of rotatable bonds is 3.